The summed E-state index contributed by atoms with van der Waals surface area (Å²) in [6, 6.07) is 11.9. The van der Waals surface area contributed by atoms with Crippen LogP contribution in [0.1, 0.15) is 25.3 Å². The summed E-state index contributed by atoms with van der Waals surface area (Å²) < 4.78 is 13.3. The lowest BCUT2D eigenvalue weighted by Gasteiger charge is -2.32. The van der Waals surface area contributed by atoms with Crippen molar-refractivity contribution >= 4 is 28.6 Å². The van der Waals surface area contributed by atoms with Crippen LogP contribution in [0.5, 0.6) is 5.75 Å². The highest BCUT2D eigenvalue weighted by atomic mass is 16.6. The third kappa shape index (κ3) is 4.32. The summed E-state index contributed by atoms with van der Waals surface area (Å²) in [7, 11) is 0. The van der Waals surface area contributed by atoms with Crippen LogP contribution in [0.2, 0.25) is 0 Å². The van der Waals surface area contributed by atoms with Crippen LogP contribution in [-0.4, -0.2) is 58.0 Å². The summed E-state index contributed by atoms with van der Waals surface area (Å²) in [4.78, 5) is 29.4. The van der Waals surface area contributed by atoms with Crippen molar-refractivity contribution in [3.63, 3.8) is 0 Å². The van der Waals surface area contributed by atoms with Crippen molar-refractivity contribution in [2.45, 2.75) is 32.3 Å². The molecule has 0 radical (unpaired) electrons. The van der Waals surface area contributed by atoms with Crippen molar-refractivity contribution in [1.29, 1.82) is 0 Å². The molecule has 0 N–H and O–H groups in total. The molecule has 2 saturated heterocycles. The van der Waals surface area contributed by atoms with Gasteiger partial charge in [-0.25, -0.2) is 19.7 Å². The minimum Gasteiger partial charge on any atom is -0.489 e. The molecule has 2 fully saturated rings. The summed E-state index contributed by atoms with van der Waals surface area (Å²) in [5, 5.41) is 1.04. The number of hydrogen-bond donors (Lipinski definition) is 0. The van der Waals surface area contributed by atoms with Gasteiger partial charge < -0.3 is 18.9 Å². The Kier molecular flexibility index (Phi) is 5.88. The van der Waals surface area contributed by atoms with Crippen molar-refractivity contribution in [3.05, 3.63) is 66.7 Å². The number of pyridine rings is 1. The van der Waals surface area contributed by atoms with Crippen LogP contribution < -0.4 is 14.5 Å². The molecule has 0 spiro atoms. The van der Waals surface area contributed by atoms with E-state index in [4.69, 9.17) is 9.47 Å². The Morgan fingerprint density at radius 2 is 1.83 bits per heavy atom. The molecule has 9 heteroatoms. The molecule has 9 nitrogen and oxygen atoms in total. The lowest BCUT2D eigenvalue weighted by atomic mass is 10.1. The SMILES string of the molecule is CCc1cnc(N2CCC(Oc3ccc(-n4ccc5cc(N6CCOC6=O)ccc54)nc3)CC2)nc1. The van der Waals surface area contributed by atoms with E-state index in [1.807, 2.05) is 59.6 Å². The normalized spacial score (nSPS) is 16.5. The number of aromatic nitrogens is 4. The van der Waals surface area contributed by atoms with E-state index >= 15 is 0 Å². The molecule has 1 amide bonds. The van der Waals surface area contributed by atoms with E-state index in [9.17, 15) is 4.79 Å². The topological polar surface area (TPSA) is 85.6 Å². The number of anilines is 2. The minimum atomic E-state index is -0.296. The molecule has 2 aliphatic heterocycles. The van der Waals surface area contributed by atoms with Crippen LogP contribution in [0.4, 0.5) is 16.4 Å². The molecule has 1 aromatic carbocycles. The van der Waals surface area contributed by atoms with Gasteiger partial charge in [0.2, 0.25) is 5.95 Å². The van der Waals surface area contributed by atoms with E-state index in [0.717, 1.165) is 72.0 Å². The van der Waals surface area contributed by atoms with Gasteiger partial charge in [-0.3, -0.25) is 4.90 Å². The summed E-state index contributed by atoms with van der Waals surface area (Å²) in [5.74, 6) is 2.38. The molecule has 6 rings (SSSR count). The molecule has 36 heavy (non-hydrogen) atoms. The first-order valence-electron chi connectivity index (χ1n) is 12.4. The zero-order valence-electron chi connectivity index (χ0n) is 20.2. The van der Waals surface area contributed by atoms with Gasteiger partial charge in [-0.05, 0) is 48.4 Å². The van der Waals surface area contributed by atoms with Gasteiger partial charge in [0.1, 0.15) is 24.3 Å². The largest absolute Gasteiger partial charge is 0.489 e. The van der Waals surface area contributed by atoms with Crippen molar-refractivity contribution in [2.24, 2.45) is 0 Å². The number of carbonyl (C=O) groups is 1. The molecule has 184 valence electrons. The first kappa shape index (κ1) is 22.3. The molecule has 3 aromatic heterocycles. The first-order valence-corrected chi connectivity index (χ1v) is 12.4. The fourth-order valence-corrected chi connectivity index (χ4v) is 4.77. The second-order valence-electron chi connectivity index (χ2n) is 9.10. The van der Waals surface area contributed by atoms with Crippen LogP contribution in [0, 0.1) is 0 Å². The molecule has 2 aliphatic rings. The molecule has 0 saturated carbocycles. The van der Waals surface area contributed by atoms with E-state index in [0.29, 0.717) is 13.2 Å². The molecule has 0 aliphatic carbocycles. The Morgan fingerprint density at radius 3 is 2.53 bits per heavy atom. The Morgan fingerprint density at radius 1 is 1.00 bits per heavy atom. The lowest BCUT2D eigenvalue weighted by molar-refractivity contribution is 0.170. The first-order chi connectivity index (χ1) is 17.7. The van der Waals surface area contributed by atoms with Gasteiger partial charge >= 0.3 is 6.09 Å². The van der Waals surface area contributed by atoms with Gasteiger partial charge in [0.25, 0.3) is 0 Å². The number of rotatable bonds is 6. The van der Waals surface area contributed by atoms with Crippen molar-refractivity contribution < 1.29 is 14.3 Å². The van der Waals surface area contributed by atoms with Crippen molar-refractivity contribution in [1.82, 2.24) is 19.5 Å². The number of nitrogens with zero attached hydrogens (tertiary/aromatic N) is 6. The second-order valence-corrected chi connectivity index (χ2v) is 9.10. The van der Waals surface area contributed by atoms with Gasteiger partial charge in [-0.1, -0.05) is 6.92 Å². The summed E-state index contributed by atoms with van der Waals surface area (Å²) in [6.07, 6.45) is 10.2. The Balaban J connectivity index is 1.09. The highest BCUT2D eigenvalue weighted by Crippen LogP contribution is 2.28. The van der Waals surface area contributed by atoms with E-state index in [1.54, 1.807) is 11.1 Å². The van der Waals surface area contributed by atoms with E-state index in [-0.39, 0.29) is 12.2 Å². The quantitative estimate of drug-likeness (QED) is 0.401. The number of aryl methyl sites for hydroxylation is 1. The van der Waals surface area contributed by atoms with Crippen LogP contribution in [0.3, 0.4) is 0 Å². The number of cyclic esters (lactones) is 1. The Labute approximate surface area is 209 Å². The maximum Gasteiger partial charge on any atom is 0.414 e. The maximum absolute atomic E-state index is 11.9. The maximum atomic E-state index is 11.9. The molecule has 0 unspecified atom stereocenters. The zero-order valence-corrected chi connectivity index (χ0v) is 20.2. The predicted molar refractivity (Wildman–Crippen MR) is 137 cm³/mol. The third-order valence-corrected chi connectivity index (χ3v) is 6.84. The Bertz CT molecular complexity index is 1360. The van der Waals surface area contributed by atoms with Gasteiger partial charge in [0.05, 0.1) is 18.3 Å². The fraction of sp³-hybridized carbons (Fsp3) is 0.333. The number of carbonyl (C=O) groups excluding carboxylic acids is 1. The van der Waals surface area contributed by atoms with Gasteiger partial charge in [0.15, 0.2) is 0 Å². The van der Waals surface area contributed by atoms with Crippen LogP contribution in [-0.2, 0) is 11.2 Å². The molecule has 0 bridgehead atoms. The lowest BCUT2D eigenvalue weighted by Crippen LogP contribution is -2.39. The average molecular weight is 485 g/mol. The molecule has 4 aromatic rings. The van der Waals surface area contributed by atoms with Crippen molar-refractivity contribution in [2.75, 3.05) is 36.0 Å². The van der Waals surface area contributed by atoms with E-state index < -0.39 is 0 Å². The monoisotopic (exact) mass is 484 g/mol. The summed E-state index contributed by atoms with van der Waals surface area (Å²) in [5.41, 5.74) is 3.02. The van der Waals surface area contributed by atoms with Crippen LogP contribution >= 0.6 is 0 Å². The van der Waals surface area contributed by atoms with E-state index in [2.05, 4.69) is 26.8 Å². The standard InChI is InChI=1S/C27H28N6O3/c1-2-19-16-29-26(30-17-19)31-10-8-22(9-11-31)36-23-4-6-25(28-18-23)33-12-7-20-15-21(3-5-24(20)33)32-13-14-35-27(32)34/h3-7,12,15-18,22H,2,8-11,13-14H2,1H3. The predicted octanol–water partition coefficient (Wildman–Crippen LogP) is 4.38. The number of ether oxygens (including phenoxy) is 2. The number of amides is 1. The number of benzene rings is 1. The number of hydrogen-bond acceptors (Lipinski definition) is 7. The minimum absolute atomic E-state index is 0.145. The molecule has 0 atom stereocenters. The van der Waals surface area contributed by atoms with Gasteiger partial charge in [0, 0.05) is 55.6 Å². The van der Waals surface area contributed by atoms with E-state index in [1.165, 1.54) is 0 Å². The van der Waals surface area contributed by atoms with Crippen LogP contribution in [0.25, 0.3) is 16.7 Å². The van der Waals surface area contributed by atoms with Crippen molar-refractivity contribution in [3.8, 4) is 11.6 Å². The highest BCUT2D eigenvalue weighted by Gasteiger charge is 2.24. The zero-order chi connectivity index (χ0) is 24.5. The molecular weight excluding hydrogens is 456 g/mol. The highest BCUT2D eigenvalue weighted by molar-refractivity contribution is 5.93. The fourth-order valence-electron chi connectivity index (χ4n) is 4.77. The average Bonchev–Trinajstić information content (AvgIpc) is 3.55. The van der Waals surface area contributed by atoms with Gasteiger partial charge in [-0.15, -0.1) is 0 Å². The second kappa shape index (κ2) is 9.49. The number of piperidine rings is 1. The van der Waals surface area contributed by atoms with Gasteiger partial charge in [-0.2, -0.15) is 0 Å². The Hall–Kier alpha value is -4.14. The molecular formula is C27H28N6O3. The summed E-state index contributed by atoms with van der Waals surface area (Å²) in [6.45, 7) is 4.85. The number of fused-ring (bicyclic) bond motifs is 1. The molecule has 5 heterocycles. The van der Waals surface area contributed by atoms with Crippen LogP contribution in [0.15, 0.2) is 61.2 Å². The summed E-state index contributed by atoms with van der Waals surface area (Å²) >= 11 is 0. The smallest absolute Gasteiger partial charge is 0.414 e. The third-order valence-electron chi connectivity index (χ3n) is 6.84.